The van der Waals surface area contributed by atoms with Gasteiger partial charge in [-0.15, -0.1) is 0 Å². The van der Waals surface area contributed by atoms with Crippen LogP contribution in [-0.2, 0) is 14.3 Å². The van der Waals surface area contributed by atoms with E-state index in [1.165, 1.54) is 7.11 Å². The van der Waals surface area contributed by atoms with Crippen molar-refractivity contribution in [2.45, 2.75) is 25.4 Å². The quantitative estimate of drug-likeness (QED) is 0.880. The lowest BCUT2D eigenvalue weighted by molar-refractivity contribution is -0.143. The Morgan fingerprint density at radius 3 is 2.96 bits per heavy atom. The van der Waals surface area contributed by atoms with E-state index < -0.39 is 6.10 Å². The summed E-state index contributed by atoms with van der Waals surface area (Å²) in [6, 6.07) is 3.56. The lowest BCUT2D eigenvalue weighted by Crippen LogP contribution is -2.43. The van der Waals surface area contributed by atoms with Crippen LogP contribution in [0.25, 0.3) is 0 Å². The maximum atomic E-state index is 12.3. The third kappa shape index (κ3) is 4.41. The number of ether oxygens (including phenoxy) is 1. The summed E-state index contributed by atoms with van der Waals surface area (Å²) in [6.45, 7) is 0.611. The molecular formula is C16H24N4O3. The number of pyridine rings is 1. The molecule has 0 bridgehead atoms. The molecule has 0 radical (unpaired) electrons. The van der Waals surface area contributed by atoms with Crippen LogP contribution in [0.1, 0.15) is 19.3 Å². The molecule has 1 N–H and O–H groups in total. The van der Waals surface area contributed by atoms with E-state index in [0.717, 1.165) is 12.8 Å². The number of amides is 2. The molecule has 2 heterocycles. The van der Waals surface area contributed by atoms with Crippen molar-refractivity contribution in [1.29, 1.82) is 0 Å². The topological polar surface area (TPSA) is 74.8 Å². The number of hydrogen-bond acceptors (Lipinski definition) is 5. The normalized spacial score (nSPS) is 18.5. The zero-order chi connectivity index (χ0) is 16.8. The molecule has 7 nitrogen and oxygen atoms in total. The van der Waals surface area contributed by atoms with Gasteiger partial charge in [-0.25, -0.2) is 4.98 Å². The number of aromatic nitrogens is 1. The largest absolute Gasteiger partial charge is 0.372 e. The average molecular weight is 320 g/mol. The molecule has 2 amide bonds. The molecule has 0 aromatic carbocycles. The van der Waals surface area contributed by atoms with Crippen LogP contribution in [0.15, 0.2) is 18.3 Å². The fourth-order valence-corrected chi connectivity index (χ4v) is 2.66. The third-order valence-corrected chi connectivity index (χ3v) is 3.83. The molecule has 1 aromatic rings. The van der Waals surface area contributed by atoms with E-state index in [0.29, 0.717) is 24.5 Å². The Kier molecular flexibility index (Phi) is 5.92. The van der Waals surface area contributed by atoms with Crippen LogP contribution in [0, 0.1) is 0 Å². The van der Waals surface area contributed by atoms with E-state index in [1.807, 2.05) is 19.0 Å². The molecule has 126 valence electrons. The van der Waals surface area contributed by atoms with Crippen molar-refractivity contribution in [1.82, 2.24) is 9.88 Å². The number of carbonyl (C=O) groups is 2. The Labute approximate surface area is 136 Å². The van der Waals surface area contributed by atoms with Gasteiger partial charge in [0, 0.05) is 33.9 Å². The zero-order valence-electron chi connectivity index (χ0n) is 13.9. The molecule has 23 heavy (non-hydrogen) atoms. The predicted molar refractivity (Wildman–Crippen MR) is 88.4 cm³/mol. The van der Waals surface area contributed by atoms with Gasteiger partial charge in [0.05, 0.1) is 12.2 Å². The van der Waals surface area contributed by atoms with E-state index >= 15 is 0 Å². The van der Waals surface area contributed by atoms with Gasteiger partial charge in [0.1, 0.15) is 6.10 Å². The van der Waals surface area contributed by atoms with Crippen LogP contribution >= 0.6 is 0 Å². The lowest BCUT2D eigenvalue weighted by atomic mass is 10.2. The van der Waals surface area contributed by atoms with Crippen LogP contribution in [0.5, 0.6) is 0 Å². The molecule has 1 saturated heterocycles. The minimum absolute atomic E-state index is 0.0282. The monoisotopic (exact) mass is 320 g/mol. The second-order valence-corrected chi connectivity index (χ2v) is 5.80. The molecule has 1 unspecified atom stereocenters. The van der Waals surface area contributed by atoms with Crippen molar-refractivity contribution in [2.75, 3.05) is 44.5 Å². The minimum atomic E-state index is -0.443. The Morgan fingerprint density at radius 1 is 1.48 bits per heavy atom. The van der Waals surface area contributed by atoms with Gasteiger partial charge in [0.2, 0.25) is 5.91 Å². The minimum Gasteiger partial charge on any atom is -0.372 e. The summed E-state index contributed by atoms with van der Waals surface area (Å²) < 4.78 is 5.22. The summed E-state index contributed by atoms with van der Waals surface area (Å²) in [5.74, 6) is 0.336. The summed E-state index contributed by atoms with van der Waals surface area (Å²) in [7, 11) is 5.25. The predicted octanol–water partition coefficient (Wildman–Crippen LogP) is 1.11. The summed E-state index contributed by atoms with van der Waals surface area (Å²) in [5, 5.41) is 2.84. The van der Waals surface area contributed by atoms with Crippen molar-refractivity contribution in [3.63, 3.8) is 0 Å². The molecule has 2 rings (SSSR count). The van der Waals surface area contributed by atoms with Gasteiger partial charge in [0.25, 0.3) is 5.91 Å². The fourth-order valence-electron chi connectivity index (χ4n) is 2.66. The highest BCUT2D eigenvalue weighted by molar-refractivity contribution is 5.97. The van der Waals surface area contributed by atoms with Gasteiger partial charge in [0.15, 0.2) is 5.82 Å². The SMILES string of the molecule is COC1CCCCN(CC(=O)Nc2cccnc2N(C)C)C1=O. The molecule has 7 heteroatoms. The van der Waals surface area contributed by atoms with Crippen molar-refractivity contribution >= 4 is 23.3 Å². The second-order valence-electron chi connectivity index (χ2n) is 5.80. The van der Waals surface area contributed by atoms with Crippen molar-refractivity contribution < 1.29 is 14.3 Å². The maximum absolute atomic E-state index is 12.3. The number of nitrogens with one attached hydrogen (secondary N) is 1. The van der Waals surface area contributed by atoms with Crippen LogP contribution < -0.4 is 10.2 Å². The first kappa shape index (κ1) is 17.2. The number of methoxy groups -OCH3 is 1. The highest BCUT2D eigenvalue weighted by Gasteiger charge is 2.28. The lowest BCUT2D eigenvalue weighted by Gasteiger charge is -2.23. The molecule has 1 aliphatic heterocycles. The van der Waals surface area contributed by atoms with E-state index in [1.54, 1.807) is 23.2 Å². The van der Waals surface area contributed by atoms with Crippen LogP contribution in [-0.4, -0.2) is 62.1 Å². The molecule has 1 atom stereocenters. The van der Waals surface area contributed by atoms with E-state index in [4.69, 9.17) is 4.74 Å². The van der Waals surface area contributed by atoms with E-state index in [-0.39, 0.29) is 18.4 Å². The van der Waals surface area contributed by atoms with E-state index in [9.17, 15) is 9.59 Å². The van der Waals surface area contributed by atoms with Crippen LogP contribution in [0.4, 0.5) is 11.5 Å². The summed E-state index contributed by atoms with van der Waals surface area (Å²) >= 11 is 0. The first-order valence-electron chi connectivity index (χ1n) is 7.76. The standard InChI is InChI=1S/C16H24N4O3/c1-19(2)15-12(7-6-9-17-15)18-14(21)11-20-10-5-4-8-13(23-3)16(20)22/h6-7,9,13H,4-5,8,10-11H2,1-3H3,(H,18,21). The Morgan fingerprint density at radius 2 is 2.26 bits per heavy atom. The molecular weight excluding hydrogens is 296 g/mol. The van der Waals surface area contributed by atoms with E-state index in [2.05, 4.69) is 10.3 Å². The smallest absolute Gasteiger partial charge is 0.252 e. The fraction of sp³-hybridized carbons (Fsp3) is 0.562. The van der Waals surface area contributed by atoms with Crippen molar-refractivity contribution in [3.05, 3.63) is 18.3 Å². The van der Waals surface area contributed by atoms with Gasteiger partial charge in [-0.1, -0.05) is 0 Å². The average Bonchev–Trinajstić information content (AvgIpc) is 2.69. The van der Waals surface area contributed by atoms with Gasteiger partial charge in [-0.2, -0.15) is 0 Å². The first-order valence-corrected chi connectivity index (χ1v) is 7.76. The van der Waals surface area contributed by atoms with Gasteiger partial charge in [-0.05, 0) is 31.4 Å². The Balaban J connectivity index is 2.03. The van der Waals surface area contributed by atoms with Crippen LogP contribution in [0.2, 0.25) is 0 Å². The summed E-state index contributed by atoms with van der Waals surface area (Å²) in [4.78, 5) is 32.3. The number of hydrogen-bond donors (Lipinski definition) is 1. The van der Waals surface area contributed by atoms with Crippen molar-refractivity contribution in [2.24, 2.45) is 0 Å². The molecule has 1 fully saturated rings. The third-order valence-electron chi connectivity index (χ3n) is 3.83. The second kappa shape index (κ2) is 7.92. The first-order chi connectivity index (χ1) is 11.0. The highest BCUT2D eigenvalue weighted by atomic mass is 16.5. The molecule has 1 aliphatic rings. The summed E-state index contributed by atoms with van der Waals surface area (Å²) in [5.41, 5.74) is 0.632. The maximum Gasteiger partial charge on any atom is 0.252 e. The Bertz CT molecular complexity index is 562. The number of likely N-dealkylation sites (tertiary alicyclic amines) is 1. The van der Waals surface area contributed by atoms with Crippen molar-refractivity contribution in [3.8, 4) is 0 Å². The van der Waals surface area contributed by atoms with Gasteiger partial charge < -0.3 is 19.9 Å². The number of carbonyl (C=O) groups excluding carboxylic acids is 2. The molecule has 0 aliphatic carbocycles. The molecule has 0 saturated carbocycles. The van der Waals surface area contributed by atoms with Gasteiger partial charge in [-0.3, -0.25) is 9.59 Å². The summed E-state index contributed by atoms with van der Waals surface area (Å²) in [6.07, 6.45) is 3.75. The number of rotatable bonds is 5. The number of nitrogens with zero attached hydrogens (tertiary/aromatic N) is 3. The molecule has 0 spiro atoms. The Hall–Kier alpha value is -2.15. The van der Waals surface area contributed by atoms with Gasteiger partial charge >= 0.3 is 0 Å². The number of anilines is 2. The highest BCUT2D eigenvalue weighted by Crippen LogP contribution is 2.20. The van der Waals surface area contributed by atoms with Crippen LogP contribution in [0.3, 0.4) is 0 Å². The molecule has 1 aromatic heterocycles. The zero-order valence-corrected chi connectivity index (χ0v) is 13.9.